The van der Waals surface area contributed by atoms with Gasteiger partial charge in [-0.15, -0.1) is 0 Å². The van der Waals surface area contributed by atoms with Gasteiger partial charge in [-0.2, -0.15) is 0 Å². The normalized spacial score (nSPS) is 27.3. The molecular weight excluding hydrogens is 428 g/mol. The summed E-state index contributed by atoms with van der Waals surface area (Å²) in [5.74, 6) is -0.809. The molecule has 1 aromatic heterocycles. The number of carboxylic acids is 1. The molecule has 7 nitrogen and oxygen atoms in total. The first-order valence-electron chi connectivity index (χ1n) is 13.3. The second-order valence-corrected chi connectivity index (χ2v) is 10.5. The monoisotopic (exact) mass is 466 g/mol. The maximum Gasteiger partial charge on any atom is 0.326 e. The van der Waals surface area contributed by atoms with E-state index in [1.807, 2.05) is 28.8 Å². The molecule has 184 valence electrons. The number of para-hydroxylation sites is 2. The third kappa shape index (κ3) is 4.47. The van der Waals surface area contributed by atoms with Gasteiger partial charge in [-0.1, -0.05) is 51.2 Å². The lowest BCUT2D eigenvalue weighted by atomic mass is 9.89. The van der Waals surface area contributed by atoms with E-state index >= 15 is 0 Å². The van der Waals surface area contributed by atoms with E-state index in [-0.39, 0.29) is 17.4 Å². The molecule has 0 spiro atoms. The molecule has 3 aliphatic rings. The van der Waals surface area contributed by atoms with Gasteiger partial charge in [0.2, 0.25) is 0 Å². The number of nitrogens with one attached hydrogen (secondary N) is 1. The number of aromatic nitrogens is 2. The van der Waals surface area contributed by atoms with Crippen molar-refractivity contribution in [2.75, 3.05) is 5.32 Å². The van der Waals surface area contributed by atoms with Crippen LogP contribution in [0.15, 0.2) is 29.1 Å². The summed E-state index contributed by atoms with van der Waals surface area (Å²) in [7, 11) is 0. The van der Waals surface area contributed by atoms with Crippen molar-refractivity contribution in [1.29, 1.82) is 0 Å². The molecule has 2 saturated heterocycles. The molecule has 7 heteroatoms. The van der Waals surface area contributed by atoms with Crippen LogP contribution < -0.4 is 10.9 Å². The Balaban J connectivity index is 1.46. The first kappa shape index (κ1) is 23.3. The van der Waals surface area contributed by atoms with Gasteiger partial charge in [0.05, 0.1) is 11.0 Å². The minimum absolute atomic E-state index is 0.119. The zero-order valence-corrected chi connectivity index (χ0v) is 20.3. The first-order chi connectivity index (χ1) is 16.6. The van der Waals surface area contributed by atoms with Crippen molar-refractivity contribution in [3.05, 3.63) is 34.6 Å². The van der Waals surface area contributed by atoms with E-state index in [9.17, 15) is 14.7 Å². The Kier molecular flexibility index (Phi) is 6.91. The largest absolute Gasteiger partial charge is 0.480 e. The lowest BCUT2D eigenvalue weighted by Gasteiger charge is -2.45. The standard InChI is InChI=1S/C27H38N4O3/c1-2-22(27(33)34)28-25-26(32)31(24-13-9-8-12-23(24)29-25)21-16-19-14-15-20(17-21)30(19)18-10-6-4-3-5-7-11-18/h8-9,12-13,18-22H,2-7,10-11,14-17H2,1H3,(H,28,29)(H,33,34)/t19-,20+,21?,22-/m1/s1. The molecule has 1 saturated carbocycles. The van der Waals surface area contributed by atoms with Crippen LogP contribution in [0, 0.1) is 0 Å². The van der Waals surface area contributed by atoms with Crippen LogP contribution in [0.5, 0.6) is 0 Å². The van der Waals surface area contributed by atoms with Crippen LogP contribution in [0.25, 0.3) is 11.0 Å². The fraction of sp³-hybridized carbons (Fsp3) is 0.667. The number of fused-ring (bicyclic) bond motifs is 3. The van der Waals surface area contributed by atoms with Crippen molar-refractivity contribution < 1.29 is 9.90 Å². The first-order valence-corrected chi connectivity index (χ1v) is 13.3. The predicted octanol–water partition coefficient (Wildman–Crippen LogP) is 4.95. The van der Waals surface area contributed by atoms with Gasteiger partial charge in [0.1, 0.15) is 6.04 Å². The van der Waals surface area contributed by atoms with Crippen molar-refractivity contribution in [1.82, 2.24) is 14.5 Å². The van der Waals surface area contributed by atoms with E-state index in [1.54, 1.807) is 6.92 Å². The molecule has 0 radical (unpaired) electrons. The number of anilines is 1. The summed E-state index contributed by atoms with van der Waals surface area (Å²) in [6.07, 6.45) is 14.2. The van der Waals surface area contributed by atoms with Crippen LogP contribution in [0.3, 0.4) is 0 Å². The molecule has 2 N–H and O–H groups in total. The highest BCUT2D eigenvalue weighted by Crippen LogP contribution is 2.44. The molecule has 1 unspecified atom stereocenters. The maximum atomic E-state index is 13.7. The minimum Gasteiger partial charge on any atom is -0.480 e. The highest BCUT2D eigenvalue weighted by molar-refractivity contribution is 5.79. The van der Waals surface area contributed by atoms with Gasteiger partial charge in [0, 0.05) is 24.2 Å². The number of carboxylic acid groups (broad SMARTS) is 1. The number of hydrogen-bond acceptors (Lipinski definition) is 5. The Morgan fingerprint density at radius 1 is 1.00 bits per heavy atom. The lowest BCUT2D eigenvalue weighted by Crippen LogP contribution is -2.50. The number of carbonyl (C=O) groups is 1. The quantitative estimate of drug-likeness (QED) is 0.626. The van der Waals surface area contributed by atoms with Gasteiger partial charge in [-0.3, -0.25) is 9.69 Å². The molecule has 2 aromatic rings. The van der Waals surface area contributed by atoms with Gasteiger partial charge >= 0.3 is 5.97 Å². The summed E-state index contributed by atoms with van der Waals surface area (Å²) < 4.78 is 1.93. The maximum absolute atomic E-state index is 13.7. The van der Waals surface area contributed by atoms with Crippen LogP contribution in [-0.2, 0) is 4.79 Å². The van der Waals surface area contributed by atoms with E-state index in [1.165, 1.54) is 57.8 Å². The number of nitrogens with zero attached hydrogens (tertiary/aromatic N) is 3. The lowest BCUT2D eigenvalue weighted by molar-refractivity contribution is -0.137. The fourth-order valence-electron chi connectivity index (χ4n) is 6.84. The Morgan fingerprint density at radius 3 is 2.29 bits per heavy atom. The van der Waals surface area contributed by atoms with E-state index in [4.69, 9.17) is 0 Å². The zero-order chi connectivity index (χ0) is 23.7. The Morgan fingerprint density at radius 2 is 1.65 bits per heavy atom. The van der Waals surface area contributed by atoms with Gasteiger partial charge in [0.25, 0.3) is 5.56 Å². The Hall–Kier alpha value is -2.41. The summed E-state index contributed by atoms with van der Waals surface area (Å²) in [6.45, 7) is 1.80. The average Bonchev–Trinajstić information content (AvgIpc) is 3.06. The molecular formula is C27H38N4O3. The topological polar surface area (TPSA) is 87.5 Å². The average molecular weight is 467 g/mol. The molecule has 2 aliphatic heterocycles. The second kappa shape index (κ2) is 10.1. The Labute approximate surface area is 201 Å². The third-order valence-electron chi connectivity index (χ3n) is 8.44. The fourth-order valence-corrected chi connectivity index (χ4v) is 6.84. The summed E-state index contributed by atoms with van der Waals surface area (Å²) in [5, 5.41) is 12.4. The van der Waals surface area contributed by atoms with Gasteiger partial charge in [-0.05, 0) is 57.1 Å². The molecule has 4 atom stereocenters. The highest BCUT2D eigenvalue weighted by atomic mass is 16.4. The van der Waals surface area contributed by atoms with Crippen molar-refractivity contribution in [3.8, 4) is 0 Å². The van der Waals surface area contributed by atoms with Crippen molar-refractivity contribution in [2.24, 2.45) is 0 Å². The van der Waals surface area contributed by atoms with Crippen LogP contribution >= 0.6 is 0 Å². The molecule has 0 amide bonds. The predicted molar refractivity (Wildman–Crippen MR) is 134 cm³/mol. The molecule has 5 rings (SSSR count). The van der Waals surface area contributed by atoms with E-state index < -0.39 is 12.0 Å². The highest BCUT2D eigenvalue weighted by Gasteiger charge is 2.44. The third-order valence-corrected chi connectivity index (χ3v) is 8.44. The molecule has 1 aromatic carbocycles. The minimum atomic E-state index is -0.964. The molecule has 1 aliphatic carbocycles. The van der Waals surface area contributed by atoms with Gasteiger partial charge in [-0.25, -0.2) is 9.78 Å². The molecule has 2 bridgehead atoms. The summed E-state index contributed by atoms with van der Waals surface area (Å²) in [6, 6.07) is 8.82. The van der Waals surface area contributed by atoms with Crippen LogP contribution in [0.1, 0.15) is 90.0 Å². The summed E-state index contributed by atoms with van der Waals surface area (Å²) in [4.78, 5) is 32.7. The number of aliphatic carboxylic acids is 1. The van der Waals surface area contributed by atoms with Crippen molar-refractivity contribution >= 4 is 22.8 Å². The smallest absolute Gasteiger partial charge is 0.326 e. The number of hydrogen-bond donors (Lipinski definition) is 2. The SMILES string of the molecule is CC[C@@H](Nc1nc2ccccc2n(C2C[C@H]3CC[C@@H](C2)N3C2CCCCCCC2)c1=O)C(=O)O. The van der Waals surface area contributed by atoms with Gasteiger partial charge in [0.15, 0.2) is 5.82 Å². The molecule has 3 heterocycles. The summed E-state index contributed by atoms with van der Waals surface area (Å²) >= 11 is 0. The number of rotatable bonds is 6. The van der Waals surface area contributed by atoms with Gasteiger partial charge < -0.3 is 15.0 Å². The van der Waals surface area contributed by atoms with Crippen LogP contribution in [0.4, 0.5) is 5.82 Å². The van der Waals surface area contributed by atoms with E-state index in [0.29, 0.717) is 24.5 Å². The van der Waals surface area contributed by atoms with Crippen LogP contribution in [0.2, 0.25) is 0 Å². The van der Waals surface area contributed by atoms with Crippen molar-refractivity contribution in [2.45, 2.75) is 114 Å². The van der Waals surface area contributed by atoms with Crippen LogP contribution in [-0.4, -0.2) is 49.7 Å². The molecule has 34 heavy (non-hydrogen) atoms. The van der Waals surface area contributed by atoms with E-state index in [2.05, 4.69) is 15.2 Å². The molecule has 3 fully saturated rings. The Bertz CT molecular complexity index is 1060. The van der Waals surface area contributed by atoms with Crippen molar-refractivity contribution in [3.63, 3.8) is 0 Å². The summed E-state index contributed by atoms with van der Waals surface area (Å²) in [5.41, 5.74) is 1.40. The number of benzene rings is 1. The van der Waals surface area contributed by atoms with E-state index in [0.717, 1.165) is 23.9 Å². The number of piperidine rings is 1. The zero-order valence-electron chi connectivity index (χ0n) is 20.3. The second-order valence-electron chi connectivity index (χ2n) is 10.5.